The second-order valence-electron chi connectivity index (χ2n) is 5.26. The van der Waals surface area contributed by atoms with E-state index in [1.54, 1.807) is 25.8 Å². The van der Waals surface area contributed by atoms with Crippen molar-refractivity contribution in [1.82, 2.24) is 4.90 Å². The van der Waals surface area contributed by atoms with Crippen molar-refractivity contribution in [3.05, 3.63) is 0 Å². The SMILES string of the molecule is CN(C(=O)C1CCCC1)C(C)(C)CC(=O)O. The summed E-state index contributed by atoms with van der Waals surface area (Å²) in [7, 11) is 1.71. The maximum absolute atomic E-state index is 12.1. The van der Waals surface area contributed by atoms with Gasteiger partial charge in [0.2, 0.25) is 5.91 Å². The fraction of sp³-hybridized carbons (Fsp3) is 0.833. The molecular weight excluding hydrogens is 206 g/mol. The summed E-state index contributed by atoms with van der Waals surface area (Å²) in [6, 6.07) is 0. The summed E-state index contributed by atoms with van der Waals surface area (Å²) >= 11 is 0. The van der Waals surface area contributed by atoms with Crippen LogP contribution in [0.2, 0.25) is 0 Å². The Kier molecular flexibility index (Phi) is 3.94. The monoisotopic (exact) mass is 227 g/mol. The molecule has 1 aliphatic carbocycles. The van der Waals surface area contributed by atoms with E-state index in [9.17, 15) is 9.59 Å². The quantitative estimate of drug-likeness (QED) is 0.797. The molecule has 1 amide bonds. The van der Waals surface area contributed by atoms with E-state index in [2.05, 4.69) is 0 Å². The molecule has 0 saturated heterocycles. The highest BCUT2D eigenvalue weighted by atomic mass is 16.4. The Labute approximate surface area is 96.6 Å². The molecule has 4 nitrogen and oxygen atoms in total. The Morgan fingerprint density at radius 2 is 1.81 bits per heavy atom. The highest BCUT2D eigenvalue weighted by Gasteiger charge is 2.34. The van der Waals surface area contributed by atoms with Gasteiger partial charge in [-0.25, -0.2) is 0 Å². The van der Waals surface area contributed by atoms with Crippen LogP contribution in [0.1, 0.15) is 46.0 Å². The van der Waals surface area contributed by atoms with E-state index in [0.717, 1.165) is 25.7 Å². The molecule has 1 fully saturated rings. The first-order valence-electron chi connectivity index (χ1n) is 5.84. The molecule has 1 saturated carbocycles. The lowest BCUT2D eigenvalue weighted by Gasteiger charge is -2.36. The van der Waals surface area contributed by atoms with Crippen molar-refractivity contribution < 1.29 is 14.7 Å². The molecule has 0 aromatic rings. The summed E-state index contributed by atoms with van der Waals surface area (Å²) in [5.41, 5.74) is -0.606. The van der Waals surface area contributed by atoms with Crippen LogP contribution in [0.4, 0.5) is 0 Å². The standard InChI is InChI=1S/C12H21NO3/c1-12(2,8-10(14)15)13(3)11(16)9-6-4-5-7-9/h9H,4-8H2,1-3H3,(H,14,15). The number of aliphatic carboxylic acids is 1. The van der Waals surface area contributed by atoms with Crippen molar-refractivity contribution in [2.45, 2.75) is 51.5 Å². The number of hydrogen-bond acceptors (Lipinski definition) is 2. The minimum Gasteiger partial charge on any atom is -0.481 e. The first-order chi connectivity index (χ1) is 7.34. The molecule has 0 bridgehead atoms. The van der Waals surface area contributed by atoms with Gasteiger partial charge in [-0.2, -0.15) is 0 Å². The Balaban J connectivity index is 2.64. The van der Waals surface area contributed by atoms with Crippen molar-refractivity contribution in [3.63, 3.8) is 0 Å². The zero-order valence-electron chi connectivity index (χ0n) is 10.3. The summed E-state index contributed by atoms with van der Waals surface area (Å²) in [6.07, 6.45) is 4.12. The van der Waals surface area contributed by atoms with E-state index < -0.39 is 11.5 Å². The van der Waals surface area contributed by atoms with Crippen LogP contribution >= 0.6 is 0 Å². The first-order valence-corrected chi connectivity index (χ1v) is 5.84. The van der Waals surface area contributed by atoms with Gasteiger partial charge >= 0.3 is 5.97 Å². The Morgan fingerprint density at radius 1 is 1.31 bits per heavy atom. The number of carbonyl (C=O) groups is 2. The van der Waals surface area contributed by atoms with E-state index in [1.165, 1.54) is 0 Å². The second kappa shape index (κ2) is 4.85. The molecule has 0 aromatic carbocycles. The van der Waals surface area contributed by atoms with Gasteiger partial charge in [0.15, 0.2) is 0 Å². The van der Waals surface area contributed by atoms with Crippen LogP contribution in [-0.2, 0) is 9.59 Å². The summed E-state index contributed by atoms with van der Waals surface area (Å²) in [6.45, 7) is 3.60. The van der Waals surface area contributed by atoms with E-state index in [-0.39, 0.29) is 18.2 Å². The Bertz CT molecular complexity index is 280. The third-order valence-corrected chi connectivity index (χ3v) is 3.53. The van der Waals surface area contributed by atoms with Gasteiger partial charge < -0.3 is 10.0 Å². The van der Waals surface area contributed by atoms with Crippen molar-refractivity contribution in [2.75, 3.05) is 7.05 Å². The Hall–Kier alpha value is -1.06. The third kappa shape index (κ3) is 2.97. The van der Waals surface area contributed by atoms with E-state index in [0.29, 0.717) is 0 Å². The minimum absolute atomic E-state index is 0.0119. The molecule has 0 radical (unpaired) electrons. The second-order valence-corrected chi connectivity index (χ2v) is 5.26. The van der Waals surface area contributed by atoms with Crippen LogP contribution in [0, 0.1) is 5.92 Å². The van der Waals surface area contributed by atoms with Crippen LogP contribution in [0.25, 0.3) is 0 Å². The largest absolute Gasteiger partial charge is 0.481 e. The zero-order chi connectivity index (χ0) is 12.3. The van der Waals surface area contributed by atoms with E-state index >= 15 is 0 Å². The summed E-state index contributed by atoms with van der Waals surface area (Å²) in [4.78, 5) is 24.4. The van der Waals surface area contributed by atoms with E-state index in [1.807, 2.05) is 0 Å². The smallest absolute Gasteiger partial charge is 0.305 e. The highest BCUT2D eigenvalue weighted by molar-refractivity contribution is 5.80. The number of rotatable bonds is 4. The molecule has 1 rings (SSSR count). The van der Waals surface area contributed by atoms with Crippen LogP contribution in [0.5, 0.6) is 0 Å². The summed E-state index contributed by atoms with van der Waals surface area (Å²) < 4.78 is 0. The van der Waals surface area contributed by atoms with Crippen molar-refractivity contribution in [1.29, 1.82) is 0 Å². The minimum atomic E-state index is -0.865. The molecule has 4 heteroatoms. The fourth-order valence-electron chi connectivity index (χ4n) is 2.23. The highest BCUT2D eigenvalue weighted by Crippen LogP contribution is 2.29. The van der Waals surface area contributed by atoms with Crippen LogP contribution in [0.3, 0.4) is 0 Å². The molecule has 92 valence electrons. The number of carboxylic acid groups (broad SMARTS) is 1. The third-order valence-electron chi connectivity index (χ3n) is 3.53. The average Bonchev–Trinajstić information content (AvgIpc) is 2.66. The van der Waals surface area contributed by atoms with Crippen LogP contribution in [0.15, 0.2) is 0 Å². The molecule has 0 aromatic heterocycles. The zero-order valence-corrected chi connectivity index (χ0v) is 10.3. The lowest BCUT2D eigenvalue weighted by Crippen LogP contribution is -2.48. The van der Waals surface area contributed by atoms with Gasteiger partial charge in [0, 0.05) is 18.5 Å². The topological polar surface area (TPSA) is 57.6 Å². The first kappa shape index (κ1) is 13.0. The fourth-order valence-corrected chi connectivity index (χ4v) is 2.23. The van der Waals surface area contributed by atoms with Crippen molar-refractivity contribution in [3.8, 4) is 0 Å². The number of hydrogen-bond donors (Lipinski definition) is 1. The maximum Gasteiger partial charge on any atom is 0.305 e. The molecule has 16 heavy (non-hydrogen) atoms. The van der Waals surface area contributed by atoms with Gasteiger partial charge in [-0.05, 0) is 26.7 Å². The molecule has 0 unspecified atom stereocenters. The van der Waals surface area contributed by atoms with Gasteiger partial charge in [0.25, 0.3) is 0 Å². The lowest BCUT2D eigenvalue weighted by atomic mass is 9.96. The molecule has 0 atom stereocenters. The average molecular weight is 227 g/mol. The number of amides is 1. The van der Waals surface area contributed by atoms with Gasteiger partial charge in [0.1, 0.15) is 0 Å². The van der Waals surface area contributed by atoms with Crippen LogP contribution in [-0.4, -0.2) is 34.5 Å². The van der Waals surface area contributed by atoms with Gasteiger partial charge in [-0.3, -0.25) is 9.59 Å². The molecule has 1 aliphatic rings. The van der Waals surface area contributed by atoms with Crippen LogP contribution < -0.4 is 0 Å². The molecule has 0 spiro atoms. The number of nitrogens with zero attached hydrogens (tertiary/aromatic N) is 1. The predicted octanol–water partition coefficient (Wildman–Crippen LogP) is 1.89. The van der Waals surface area contributed by atoms with Gasteiger partial charge in [0.05, 0.1) is 6.42 Å². The van der Waals surface area contributed by atoms with Crippen molar-refractivity contribution >= 4 is 11.9 Å². The van der Waals surface area contributed by atoms with Gasteiger partial charge in [-0.15, -0.1) is 0 Å². The van der Waals surface area contributed by atoms with Gasteiger partial charge in [-0.1, -0.05) is 12.8 Å². The maximum atomic E-state index is 12.1. The number of carboxylic acids is 1. The van der Waals surface area contributed by atoms with E-state index in [4.69, 9.17) is 5.11 Å². The molecular formula is C12H21NO3. The molecule has 0 aliphatic heterocycles. The summed E-state index contributed by atoms with van der Waals surface area (Å²) in [5.74, 6) is -0.655. The predicted molar refractivity (Wildman–Crippen MR) is 61.1 cm³/mol. The van der Waals surface area contributed by atoms with Crippen molar-refractivity contribution in [2.24, 2.45) is 5.92 Å². The summed E-state index contributed by atoms with van der Waals surface area (Å²) in [5, 5.41) is 8.81. The molecule has 1 N–H and O–H groups in total. The molecule has 0 heterocycles. The number of carbonyl (C=O) groups excluding carboxylic acids is 1. The lowest BCUT2D eigenvalue weighted by molar-refractivity contribution is -0.144. The normalized spacial score (nSPS) is 17.4. The Morgan fingerprint density at radius 3 is 2.25 bits per heavy atom.